The summed E-state index contributed by atoms with van der Waals surface area (Å²) in [6, 6.07) is 4.00. The Kier molecular flexibility index (Phi) is 3.51. The van der Waals surface area contributed by atoms with Crippen LogP contribution in [-0.4, -0.2) is 24.2 Å². The van der Waals surface area contributed by atoms with Crippen LogP contribution < -0.4 is 15.8 Å². The lowest BCUT2D eigenvalue weighted by atomic mass is 10.2. The third-order valence-corrected chi connectivity index (χ3v) is 1.86. The van der Waals surface area contributed by atoms with Gasteiger partial charge in [0.05, 0.1) is 13.2 Å². The first-order valence-electron chi connectivity index (χ1n) is 4.48. The number of carbonyl (C=O) groups is 1. The van der Waals surface area contributed by atoms with Gasteiger partial charge in [0.25, 0.3) is 0 Å². The highest BCUT2D eigenvalue weighted by molar-refractivity contribution is 5.94. The van der Waals surface area contributed by atoms with Crippen LogP contribution in [0.4, 0.5) is 5.69 Å². The molecule has 1 rings (SSSR count). The summed E-state index contributed by atoms with van der Waals surface area (Å²) in [5.74, 6) is 0.0216. The number of nitrogens with two attached hydrogens (primary N) is 1. The van der Waals surface area contributed by atoms with Gasteiger partial charge in [-0.05, 0) is 19.1 Å². The molecule has 82 valence electrons. The van der Waals surface area contributed by atoms with Crippen molar-refractivity contribution in [2.24, 2.45) is 5.73 Å². The monoisotopic (exact) mass is 210 g/mol. The maximum absolute atomic E-state index is 11.2. The van der Waals surface area contributed by atoms with Crippen LogP contribution in [0.25, 0.3) is 0 Å². The molecule has 0 saturated carbocycles. The fourth-order valence-electron chi connectivity index (χ4n) is 1.02. The van der Waals surface area contributed by atoms with E-state index < -0.39 is 6.04 Å². The third kappa shape index (κ3) is 2.85. The van der Waals surface area contributed by atoms with Crippen molar-refractivity contribution in [1.29, 1.82) is 0 Å². The van der Waals surface area contributed by atoms with Crippen molar-refractivity contribution in [3.8, 4) is 11.5 Å². The first kappa shape index (κ1) is 11.3. The van der Waals surface area contributed by atoms with Gasteiger partial charge in [0.1, 0.15) is 0 Å². The molecular formula is C10H14N2O3. The molecule has 5 nitrogen and oxygen atoms in total. The second-order valence-corrected chi connectivity index (χ2v) is 3.16. The van der Waals surface area contributed by atoms with Crippen molar-refractivity contribution in [2.75, 3.05) is 12.4 Å². The summed E-state index contributed by atoms with van der Waals surface area (Å²) in [6.07, 6.45) is 0. The Balaban J connectivity index is 2.80. The molecule has 0 radical (unpaired) electrons. The summed E-state index contributed by atoms with van der Waals surface area (Å²) in [6.45, 7) is 1.58. The van der Waals surface area contributed by atoms with Gasteiger partial charge in [0, 0.05) is 11.8 Å². The summed E-state index contributed by atoms with van der Waals surface area (Å²) in [5, 5.41) is 12.0. The number of carbonyl (C=O) groups excluding carboxylic acids is 1. The topological polar surface area (TPSA) is 84.6 Å². The second-order valence-electron chi connectivity index (χ2n) is 3.16. The van der Waals surface area contributed by atoms with E-state index in [1.54, 1.807) is 19.1 Å². The van der Waals surface area contributed by atoms with Crippen LogP contribution in [0, 0.1) is 0 Å². The van der Waals surface area contributed by atoms with Crippen molar-refractivity contribution in [2.45, 2.75) is 13.0 Å². The first-order chi connectivity index (χ1) is 7.04. The average Bonchev–Trinajstić information content (AvgIpc) is 2.18. The van der Waals surface area contributed by atoms with Gasteiger partial charge in [-0.3, -0.25) is 4.79 Å². The molecule has 0 aromatic heterocycles. The van der Waals surface area contributed by atoms with Gasteiger partial charge in [-0.15, -0.1) is 0 Å². The van der Waals surface area contributed by atoms with E-state index in [1.807, 2.05) is 0 Å². The lowest BCUT2D eigenvalue weighted by molar-refractivity contribution is -0.117. The maximum atomic E-state index is 11.2. The quantitative estimate of drug-likeness (QED) is 0.685. The molecule has 1 atom stereocenters. The van der Waals surface area contributed by atoms with Crippen LogP contribution in [0.3, 0.4) is 0 Å². The Bertz CT molecular complexity index is 364. The molecule has 1 amide bonds. The predicted octanol–water partition coefficient (Wildman–Crippen LogP) is 0.686. The minimum Gasteiger partial charge on any atom is -0.504 e. The highest BCUT2D eigenvalue weighted by Crippen LogP contribution is 2.28. The number of phenols is 1. The van der Waals surface area contributed by atoms with Gasteiger partial charge >= 0.3 is 0 Å². The molecule has 4 N–H and O–H groups in total. The minimum absolute atomic E-state index is 0.0278. The van der Waals surface area contributed by atoms with E-state index >= 15 is 0 Å². The lowest BCUT2D eigenvalue weighted by Gasteiger charge is -2.09. The molecule has 1 aromatic carbocycles. The fourth-order valence-corrected chi connectivity index (χ4v) is 1.02. The van der Waals surface area contributed by atoms with Crippen LogP contribution in [0.5, 0.6) is 11.5 Å². The average molecular weight is 210 g/mol. The van der Waals surface area contributed by atoms with E-state index in [1.165, 1.54) is 13.2 Å². The first-order valence-corrected chi connectivity index (χ1v) is 4.48. The molecular weight excluding hydrogens is 196 g/mol. The summed E-state index contributed by atoms with van der Waals surface area (Å²) >= 11 is 0. The number of hydrogen-bond acceptors (Lipinski definition) is 4. The predicted molar refractivity (Wildman–Crippen MR) is 56.9 cm³/mol. The van der Waals surface area contributed by atoms with Crippen molar-refractivity contribution in [3.05, 3.63) is 18.2 Å². The van der Waals surface area contributed by atoms with E-state index in [9.17, 15) is 9.90 Å². The Labute approximate surface area is 87.9 Å². The summed E-state index contributed by atoms with van der Waals surface area (Å²) in [5.41, 5.74) is 5.86. The molecule has 0 aliphatic heterocycles. The SMILES string of the molecule is COc1ccc(NC(=O)[C@H](C)N)cc1O. The number of aromatic hydroxyl groups is 1. The van der Waals surface area contributed by atoms with Gasteiger partial charge in [0.2, 0.25) is 5.91 Å². The molecule has 0 heterocycles. The molecule has 0 aliphatic carbocycles. The number of nitrogens with one attached hydrogen (secondary N) is 1. The van der Waals surface area contributed by atoms with Crippen molar-refractivity contribution < 1.29 is 14.6 Å². The van der Waals surface area contributed by atoms with E-state index in [2.05, 4.69) is 5.32 Å². The van der Waals surface area contributed by atoms with Crippen LogP contribution in [0.15, 0.2) is 18.2 Å². The Morgan fingerprint density at radius 3 is 2.73 bits per heavy atom. The summed E-state index contributed by atoms with van der Waals surface area (Å²) in [7, 11) is 1.45. The van der Waals surface area contributed by atoms with Crippen LogP contribution in [0.1, 0.15) is 6.92 Å². The van der Waals surface area contributed by atoms with Gasteiger partial charge < -0.3 is 20.9 Å². The summed E-state index contributed by atoms with van der Waals surface area (Å²) < 4.78 is 4.86. The zero-order valence-corrected chi connectivity index (χ0v) is 8.65. The normalized spacial score (nSPS) is 11.9. The van der Waals surface area contributed by atoms with Crippen LogP contribution >= 0.6 is 0 Å². The number of amides is 1. The van der Waals surface area contributed by atoms with Gasteiger partial charge in [-0.25, -0.2) is 0 Å². The fraction of sp³-hybridized carbons (Fsp3) is 0.300. The molecule has 5 heteroatoms. The van der Waals surface area contributed by atoms with Gasteiger partial charge in [0.15, 0.2) is 11.5 Å². The molecule has 0 unspecified atom stereocenters. The number of methoxy groups -OCH3 is 1. The van der Waals surface area contributed by atoms with E-state index in [-0.39, 0.29) is 11.7 Å². The Hall–Kier alpha value is -1.75. The molecule has 0 bridgehead atoms. The van der Waals surface area contributed by atoms with Crippen molar-refractivity contribution in [1.82, 2.24) is 0 Å². The maximum Gasteiger partial charge on any atom is 0.241 e. The van der Waals surface area contributed by atoms with E-state index in [4.69, 9.17) is 10.5 Å². The molecule has 1 aromatic rings. The number of hydrogen-bond donors (Lipinski definition) is 3. The number of phenolic OH excluding ortho intramolecular Hbond substituents is 1. The largest absolute Gasteiger partial charge is 0.504 e. The van der Waals surface area contributed by atoms with Gasteiger partial charge in [-0.2, -0.15) is 0 Å². The smallest absolute Gasteiger partial charge is 0.241 e. The van der Waals surface area contributed by atoms with Crippen molar-refractivity contribution in [3.63, 3.8) is 0 Å². The lowest BCUT2D eigenvalue weighted by Crippen LogP contribution is -2.32. The van der Waals surface area contributed by atoms with Crippen LogP contribution in [-0.2, 0) is 4.79 Å². The number of benzene rings is 1. The van der Waals surface area contributed by atoms with Crippen LogP contribution in [0.2, 0.25) is 0 Å². The van der Waals surface area contributed by atoms with E-state index in [0.29, 0.717) is 11.4 Å². The molecule has 0 aliphatic rings. The molecule has 0 saturated heterocycles. The number of ether oxygens (including phenoxy) is 1. The zero-order chi connectivity index (χ0) is 11.4. The number of rotatable bonds is 3. The molecule has 15 heavy (non-hydrogen) atoms. The third-order valence-electron chi connectivity index (χ3n) is 1.86. The number of anilines is 1. The highest BCUT2D eigenvalue weighted by atomic mass is 16.5. The Morgan fingerprint density at radius 2 is 2.27 bits per heavy atom. The second kappa shape index (κ2) is 4.65. The minimum atomic E-state index is -0.589. The molecule has 0 spiro atoms. The van der Waals surface area contributed by atoms with Gasteiger partial charge in [-0.1, -0.05) is 0 Å². The highest BCUT2D eigenvalue weighted by Gasteiger charge is 2.09. The standard InChI is InChI=1S/C10H14N2O3/c1-6(11)10(14)12-7-3-4-9(15-2)8(13)5-7/h3-6,13H,11H2,1-2H3,(H,12,14)/t6-/m0/s1. The van der Waals surface area contributed by atoms with Crippen molar-refractivity contribution >= 4 is 11.6 Å². The van der Waals surface area contributed by atoms with E-state index in [0.717, 1.165) is 0 Å². The summed E-state index contributed by atoms with van der Waals surface area (Å²) in [4.78, 5) is 11.2. The Morgan fingerprint density at radius 1 is 1.60 bits per heavy atom. The zero-order valence-electron chi connectivity index (χ0n) is 8.65. The molecule has 0 fully saturated rings.